The Bertz CT molecular complexity index is 154. The summed E-state index contributed by atoms with van der Waals surface area (Å²) in [6, 6.07) is 2.39. The Kier molecular flexibility index (Phi) is 3.85. The van der Waals surface area contributed by atoms with Crippen LogP contribution in [-0.4, -0.2) is 6.04 Å². The van der Waals surface area contributed by atoms with Gasteiger partial charge in [0, 0.05) is 6.04 Å². The average Bonchev–Trinajstić information content (AvgIpc) is 2.35. The number of hydrogen-bond acceptors (Lipinski definition) is 2. The summed E-state index contributed by atoms with van der Waals surface area (Å²) in [5.74, 6) is 0. The van der Waals surface area contributed by atoms with E-state index in [0.29, 0.717) is 0 Å². The van der Waals surface area contributed by atoms with E-state index in [1.54, 1.807) is 0 Å². The number of hydrogen-bond donors (Lipinski definition) is 1. The molecule has 0 spiro atoms. The van der Waals surface area contributed by atoms with Gasteiger partial charge in [-0.15, -0.1) is 12.4 Å². The lowest BCUT2D eigenvalue weighted by atomic mass is 9.81. The van der Waals surface area contributed by atoms with Gasteiger partial charge in [0.05, 0.1) is 11.5 Å². The van der Waals surface area contributed by atoms with Crippen LogP contribution in [0.15, 0.2) is 0 Å². The molecule has 1 aliphatic carbocycles. The van der Waals surface area contributed by atoms with Gasteiger partial charge >= 0.3 is 0 Å². The standard InChI is InChI=1S/C8H14N2.ClH/c1-7(10)8(6-9)4-2-3-5-8;/h7H,2-5,10H2,1H3;1H/t7-;/m1./s1. The highest BCUT2D eigenvalue weighted by atomic mass is 35.5. The Hall–Kier alpha value is -0.260. The Balaban J connectivity index is 0.000001000. The second-order valence-corrected chi connectivity index (χ2v) is 3.26. The summed E-state index contributed by atoms with van der Waals surface area (Å²) in [5, 5.41) is 8.86. The van der Waals surface area contributed by atoms with E-state index in [2.05, 4.69) is 6.07 Å². The van der Waals surface area contributed by atoms with Crippen molar-refractivity contribution >= 4 is 12.4 Å². The van der Waals surface area contributed by atoms with Crippen LogP contribution in [0.3, 0.4) is 0 Å². The summed E-state index contributed by atoms with van der Waals surface area (Å²) in [5.41, 5.74) is 5.54. The normalized spacial score (nSPS) is 23.4. The van der Waals surface area contributed by atoms with Crippen LogP contribution in [0.2, 0.25) is 0 Å². The summed E-state index contributed by atoms with van der Waals surface area (Å²) >= 11 is 0. The number of nitrogens with two attached hydrogens (primary N) is 1. The number of halogens is 1. The summed E-state index contributed by atoms with van der Waals surface area (Å²) in [6.07, 6.45) is 4.35. The van der Waals surface area contributed by atoms with Crippen molar-refractivity contribution in [3.8, 4) is 6.07 Å². The van der Waals surface area contributed by atoms with Crippen molar-refractivity contribution in [3.05, 3.63) is 0 Å². The van der Waals surface area contributed by atoms with Crippen molar-refractivity contribution in [2.45, 2.75) is 38.6 Å². The predicted octanol–water partition coefficient (Wildman–Crippen LogP) is 1.84. The molecule has 3 heteroatoms. The second kappa shape index (κ2) is 3.94. The zero-order valence-corrected chi connectivity index (χ0v) is 7.66. The lowest BCUT2D eigenvalue weighted by Crippen LogP contribution is -2.35. The molecule has 0 aromatic carbocycles. The highest BCUT2D eigenvalue weighted by Crippen LogP contribution is 2.39. The van der Waals surface area contributed by atoms with Gasteiger partial charge < -0.3 is 5.73 Å². The minimum Gasteiger partial charge on any atom is -0.327 e. The first-order chi connectivity index (χ1) is 4.71. The van der Waals surface area contributed by atoms with Crippen molar-refractivity contribution in [2.24, 2.45) is 11.1 Å². The van der Waals surface area contributed by atoms with E-state index in [1.807, 2.05) is 6.92 Å². The zero-order chi connectivity index (χ0) is 7.61. The van der Waals surface area contributed by atoms with E-state index in [4.69, 9.17) is 11.0 Å². The number of rotatable bonds is 1. The molecule has 0 aliphatic heterocycles. The summed E-state index contributed by atoms with van der Waals surface area (Å²) in [7, 11) is 0. The van der Waals surface area contributed by atoms with Gasteiger partial charge in [-0.1, -0.05) is 12.8 Å². The molecule has 0 aromatic rings. The van der Waals surface area contributed by atoms with Crippen LogP contribution in [0, 0.1) is 16.7 Å². The number of nitrogens with zero attached hydrogens (tertiary/aromatic N) is 1. The molecule has 0 radical (unpaired) electrons. The van der Waals surface area contributed by atoms with Crippen LogP contribution in [0.4, 0.5) is 0 Å². The van der Waals surface area contributed by atoms with Gasteiger partial charge in [-0.25, -0.2) is 0 Å². The molecule has 0 aromatic heterocycles. The third-order valence-corrected chi connectivity index (χ3v) is 2.59. The van der Waals surface area contributed by atoms with E-state index in [0.717, 1.165) is 12.8 Å². The Morgan fingerprint density at radius 1 is 1.45 bits per heavy atom. The van der Waals surface area contributed by atoms with Crippen LogP contribution < -0.4 is 5.73 Å². The van der Waals surface area contributed by atoms with Crippen molar-refractivity contribution < 1.29 is 0 Å². The summed E-state index contributed by atoms with van der Waals surface area (Å²) in [6.45, 7) is 1.94. The maximum Gasteiger partial charge on any atom is 0.0721 e. The number of nitriles is 1. The van der Waals surface area contributed by atoms with E-state index in [-0.39, 0.29) is 23.9 Å². The van der Waals surface area contributed by atoms with Crippen molar-refractivity contribution in [3.63, 3.8) is 0 Å². The molecule has 2 N–H and O–H groups in total. The Morgan fingerprint density at radius 2 is 1.91 bits per heavy atom. The van der Waals surface area contributed by atoms with Crippen LogP contribution >= 0.6 is 12.4 Å². The monoisotopic (exact) mass is 174 g/mol. The first kappa shape index (κ1) is 10.7. The second-order valence-electron chi connectivity index (χ2n) is 3.26. The minimum absolute atomic E-state index is 0. The molecular formula is C8H15ClN2. The fourth-order valence-corrected chi connectivity index (χ4v) is 1.67. The molecule has 11 heavy (non-hydrogen) atoms. The molecule has 0 saturated heterocycles. The molecule has 0 unspecified atom stereocenters. The fraction of sp³-hybridized carbons (Fsp3) is 0.875. The largest absolute Gasteiger partial charge is 0.327 e. The third-order valence-electron chi connectivity index (χ3n) is 2.59. The first-order valence-corrected chi connectivity index (χ1v) is 3.88. The molecule has 0 amide bonds. The lowest BCUT2D eigenvalue weighted by Gasteiger charge is -2.24. The van der Waals surface area contributed by atoms with Crippen LogP contribution in [0.1, 0.15) is 32.6 Å². The van der Waals surface area contributed by atoms with Crippen LogP contribution in [0.25, 0.3) is 0 Å². The van der Waals surface area contributed by atoms with Crippen LogP contribution in [-0.2, 0) is 0 Å². The molecule has 1 aliphatic rings. The van der Waals surface area contributed by atoms with E-state index < -0.39 is 0 Å². The quantitative estimate of drug-likeness (QED) is 0.660. The van der Waals surface area contributed by atoms with E-state index in [9.17, 15) is 0 Å². The molecule has 1 atom stereocenters. The molecular weight excluding hydrogens is 160 g/mol. The molecule has 64 valence electrons. The maximum absolute atomic E-state index is 8.86. The molecule has 0 heterocycles. The van der Waals surface area contributed by atoms with Gasteiger partial charge in [0.25, 0.3) is 0 Å². The van der Waals surface area contributed by atoms with E-state index >= 15 is 0 Å². The zero-order valence-electron chi connectivity index (χ0n) is 6.84. The van der Waals surface area contributed by atoms with Gasteiger partial charge in [0.1, 0.15) is 0 Å². The van der Waals surface area contributed by atoms with E-state index in [1.165, 1.54) is 12.8 Å². The minimum atomic E-state index is -0.181. The average molecular weight is 175 g/mol. The lowest BCUT2D eigenvalue weighted by molar-refractivity contribution is 0.340. The van der Waals surface area contributed by atoms with Gasteiger partial charge in [0.15, 0.2) is 0 Å². The maximum atomic E-state index is 8.86. The fourth-order valence-electron chi connectivity index (χ4n) is 1.67. The highest BCUT2D eigenvalue weighted by molar-refractivity contribution is 5.85. The van der Waals surface area contributed by atoms with Gasteiger partial charge in [-0.05, 0) is 19.8 Å². The Labute approximate surface area is 74.2 Å². The van der Waals surface area contributed by atoms with Crippen LogP contribution in [0.5, 0.6) is 0 Å². The smallest absolute Gasteiger partial charge is 0.0721 e. The van der Waals surface area contributed by atoms with Gasteiger partial charge in [-0.2, -0.15) is 5.26 Å². The van der Waals surface area contributed by atoms with Gasteiger partial charge in [0.2, 0.25) is 0 Å². The Morgan fingerprint density at radius 3 is 2.09 bits per heavy atom. The summed E-state index contributed by atoms with van der Waals surface area (Å²) < 4.78 is 0. The van der Waals surface area contributed by atoms with Gasteiger partial charge in [-0.3, -0.25) is 0 Å². The molecule has 1 rings (SSSR count). The topological polar surface area (TPSA) is 49.8 Å². The molecule has 0 bridgehead atoms. The molecule has 1 saturated carbocycles. The van der Waals surface area contributed by atoms with Crippen molar-refractivity contribution in [2.75, 3.05) is 0 Å². The van der Waals surface area contributed by atoms with Crippen molar-refractivity contribution in [1.82, 2.24) is 0 Å². The third kappa shape index (κ3) is 1.85. The molecule has 1 fully saturated rings. The highest BCUT2D eigenvalue weighted by Gasteiger charge is 2.37. The summed E-state index contributed by atoms with van der Waals surface area (Å²) in [4.78, 5) is 0. The predicted molar refractivity (Wildman–Crippen MR) is 47.4 cm³/mol. The first-order valence-electron chi connectivity index (χ1n) is 3.88. The molecule has 2 nitrogen and oxygen atoms in total. The SMILES string of the molecule is C[C@@H](N)C1(C#N)CCCC1.Cl. The van der Waals surface area contributed by atoms with Crippen molar-refractivity contribution in [1.29, 1.82) is 5.26 Å².